The molecule has 2 aromatic carbocycles. The van der Waals surface area contributed by atoms with E-state index >= 15 is 0 Å². The number of hydrogen-bond acceptors (Lipinski definition) is 5. The standard InChI is InChI=1S/C32H36F6N4O2/c1-21(2)40-29(43)17-27-20-41(18-23-10-12-39-13-11-23)14-15-42(27)19-24-4-9-28(22(3)16-24)25-5-7-26(8-6-25)30(44,31(33,34)35)32(36,37)38/h4-13,16,21,27,44H,14-15,17-20H2,1-3H3,(H,40,43)/t27-/m1/s1. The van der Waals surface area contributed by atoms with Crippen molar-refractivity contribution in [1.82, 2.24) is 20.1 Å². The van der Waals surface area contributed by atoms with Gasteiger partial charge < -0.3 is 10.4 Å². The number of aryl methyl sites for hydroxylation is 1. The molecule has 1 aliphatic rings. The maximum Gasteiger partial charge on any atom is 0.430 e. The van der Waals surface area contributed by atoms with Gasteiger partial charge in [-0.25, -0.2) is 0 Å². The number of amides is 1. The Morgan fingerprint density at radius 3 is 2.14 bits per heavy atom. The Morgan fingerprint density at radius 1 is 0.932 bits per heavy atom. The molecule has 0 radical (unpaired) electrons. The van der Waals surface area contributed by atoms with Gasteiger partial charge in [0.1, 0.15) is 0 Å². The fraction of sp³-hybridized carbons (Fsp3) is 0.438. The van der Waals surface area contributed by atoms with E-state index in [-0.39, 0.29) is 18.0 Å². The van der Waals surface area contributed by atoms with Gasteiger partial charge >= 0.3 is 12.4 Å². The zero-order chi connectivity index (χ0) is 32.3. The largest absolute Gasteiger partial charge is 0.430 e. The zero-order valence-electron chi connectivity index (χ0n) is 24.7. The Hall–Kier alpha value is -3.48. The molecule has 0 unspecified atom stereocenters. The second-order valence-electron chi connectivity index (χ2n) is 11.6. The number of halogens is 6. The molecule has 0 spiro atoms. The first-order chi connectivity index (χ1) is 20.6. The van der Waals surface area contributed by atoms with Crippen LogP contribution in [0.2, 0.25) is 0 Å². The maximum absolute atomic E-state index is 13.3. The fourth-order valence-electron chi connectivity index (χ4n) is 5.61. The minimum Gasteiger partial charge on any atom is -0.369 e. The lowest BCUT2D eigenvalue weighted by Gasteiger charge is -2.41. The van der Waals surface area contributed by atoms with Crippen molar-refractivity contribution in [3.8, 4) is 11.1 Å². The first-order valence-electron chi connectivity index (χ1n) is 14.3. The molecule has 4 rings (SSSR count). The molecule has 1 amide bonds. The monoisotopic (exact) mass is 622 g/mol. The molecule has 0 bridgehead atoms. The predicted octanol–water partition coefficient (Wildman–Crippen LogP) is 5.97. The van der Waals surface area contributed by atoms with Crippen LogP contribution in [-0.2, 0) is 23.5 Å². The highest BCUT2D eigenvalue weighted by atomic mass is 19.4. The van der Waals surface area contributed by atoms with Crippen LogP contribution in [0.3, 0.4) is 0 Å². The minimum absolute atomic E-state index is 0.0208. The summed E-state index contributed by atoms with van der Waals surface area (Å²) in [7, 11) is 0. The van der Waals surface area contributed by atoms with Crippen molar-refractivity contribution in [3.63, 3.8) is 0 Å². The molecule has 1 saturated heterocycles. The molecule has 3 aromatic rings. The second kappa shape index (κ2) is 13.3. The summed E-state index contributed by atoms with van der Waals surface area (Å²) in [6.45, 7) is 9.17. The smallest absolute Gasteiger partial charge is 0.369 e. The van der Waals surface area contributed by atoms with Crippen molar-refractivity contribution in [3.05, 3.63) is 89.2 Å². The third kappa shape index (κ3) is 7.59. The average Bonchev–Trinajstić information content (AvgIpc) is 2.93. The number of alkyl halides is 6. The van der Waals surface area contributed by atoms with Crippen LogP contribution in [0.4, 0.5) is 26.3 Å². The number of benzene rings is 2. The highest BCUT2D eigenvalue weighted by Gasteiger charge is 2.71. The van der Waals surface area contributed by atoms with Crippen molar-refractivity contribution in [2.45, 2.75) is 70.3 Å². The molecular weight excluding hydrogens is 586 g/mol. The van der Waals surface area contributed by atoms with Gasteiger partial charge in [0, 0.05) is 69.2 Å². The maximum atomic E-state index is 13.3. The summed E-state index contributed by atoms with van der Waals surface area (Å²) in [4.78, 5) is 21.4. The molecular formula is C32H36F6N4O2. The van der Waals surface area contributed by atoms with Crippen molar-refractivity contribution in [2.75, 3.05) is 19.6 Å². The van der Waals surface area contributed by atoms with Crippen LogP contribution in [0.15, 0.2) is 67.0 Å². The third-order valence-electron chi connectivity index (χ3n) is 7.83. The number of nitrogens with zero attached hydrogens (tertiary/aromatic N) is 3. The number of aliphatic hydroxyl groups is 1. The molecule has 0 saturated carbocycles. The summed E-state index contributed by atoms with van der Waals surface area (Å²) in [5, 5.41) is 12.7. The number of pyridine rings is 1. The van der Waals surface area contributed by atoms with Crippen molar-refractivity contribution >= 4 is 5.91 Å². The minimum atomic E-state index is -5.94. The summed E-state index contributed by atoms with van der Waals surface area (Å²) < 4.78 is 79.7. The molecule has 1 atom stereocenters. The average molecular weight is 623 g/mol. The Bertz CT molecular complexity index is 1400. The lowest BCUT2D eigenvalue weighted by molar-refractivity contribution is -0.376. The van der Waals surface area contributed by atoms with E-state index in [9.17, 15) is 36.2 Å². The van der Waals surface area contributed by atoms with Crippen LogP contribution in [-0.4, -0.2) is 69.9 Å². The van der Waals surface area contributed by atoms with Crippen LogP contribution in [0.1, 0.15) is 42.5 Å². The number of carbonyl (C=O) groups is 1. The quantitative estimate of drug-likeness (QED) is 0.288. The highest BCUT2D eigenvalue weighted by Crippen LogP contribution is 2.50. The highest BCUT2D eigenvalue weighted by molar-refractivity contribution is 5.76. The zero-order valence-corrected chi connectivity index (χ0v) is 24.7. The number of rotatable bonds is 9. The van der Waals surface area contributed by atoms with Gasteiger partial charge in [-0.3, -0.25) is 19.6 Å². The fourth-order valence-corrected chi connectivity index (χ4v) is 5.61. The number of piperazine rings is 1. The molecule has 238 valence electrons. The second-order valence-corrected chi connectivity index (χ2v) is 11.6. The van der Waals surface area contributed by atoms with Crippen molar-refractivity contribution < 1.29 is 36.2 Å². The lowest BCUT2D eigenvalue weighted by Crippen LogP contribution is -2.53. The van der Waals surface area contributed by atoms with Gasteiger partial charge in [0.2, 0.25) is 5.91 Å². The predicted molar refractivity (Wildman–Crippen MR) is 154 cm³/mol. The summed E-state index contributed by atoms with van der Waals surface area (Å²) in [6.07, 6.45) is -8.05. The van der Waals surface area contributed by atoms with E-state index in [4.69, 9.17) is 0 Å². The summed E-state index contributed by atoms with van der Waals surface area (Å²) in [5.41, 5.74) is -2.34. The van der Waals surface area contributed by atoms with Gasteiger partial charge in [-0.05, 0) is 60.7 Å². The normalized spacial score (nSPS) is 17.2. The Morgan fingerprint density at radius 2 is 1.57 bits per heavy atom. The summed E-state index contributed by atoms with van der Waals surface area (Å²) in [5.74, 6) is -0.0290. The van der Waals surface area contributed by atoms with E-state index in [2.05, 4.69) is 20.1 Å². The number of aromatic nitrogens is 1. The Labute approximate surface area is 252 Å². The first-order valence-corrected chi connectivity index (χ1v) is 14.3. The van der Waals surface area contributed by atoms with Gasteiger partial charge in [0.15, 0.2) is 0 Å². The van der Waals surface area contributed by atoms with Crippen LogP contribution >= 0.6 is 0 Å². The van der Waals surface area contributed by atoms with Gasteiger partial charge in [-0.15, -0.1) is 0 Å². The van der Waals surface area contributed by atoms with Crippen LogP contribution in [0.5, 0.6) is 0 Å². The van der Waals surface area contributed by atoms with Gasteiger partial charge in [0.25, 0.3) is 5.60 Å². The number of nitrogens with one attached hydrogen (secondary N) is 1. The van der Waals surface area contributed by atoms with E-state index in [1.165, 1.54) is 0 Å². The van der Waals surface area contributed by atoms with Gasteiger partial charge in [-0.1, -0.05) is 42.5 Å². The van der Waals surface area contributed by atoms with Gasteiger partial charge in [-0.2, -0.15) is 26.3 Å². The molecule has 2 N–H and O–H groups in total. The third-order valence-corrected chi connectivity index (χ3v) is 7.83. The lowest BCUT2D eigenvalue weighted by atomic mass is 9.90. The van der Waals surface area contributed by atoms with E-state index in [1.54, 1.807) is 18.5 Å². The topological polar surface area (TPSA) is 68.7 Å². The summed E-state index contributed by atoms with van der Waals surface area (Å²) in [6, 6.07) is 13.1. The number of carbonyl (C=O) groups excluding carboxylic acids is 1. The molecule has 12 heteroatoms. The molecule has 44 heavy (non-hydrogen) atoms. The number of hydrogen-bond donors (Lipinski definition) is 2. The van der Waals surface area contributed by atoms with E-state index in [1.807, 2.05) is 45.0 Å². The molecule has 1 fully saturated rings. The molecule has 1 aromatic heterocycles. The molecule has 2 heterocycles. The van der Waals surface area contributed by atoms with E-state index in [0.29, 0.717) is 42.8 Å². The van der Waals surface area contributed by atoms with Crippen molar-refractivity contribution in [2.24, 2.45) is 0 Å². The first kappa shape index (κ1) is 33.4. The van der Waals surface area contributed by atoms with Crippen LogP contribution in [0, 0.1) is 6.92 Å². The van der Waals surface area contributed by atoms with E-state index in [0.717, 1.165) is 48.5 Å². The molecule has 6 nitrogen and oxygen atoms in total. The van der Waals surface area contributed by atoms with Crippen molar-refractivity contribution in [1.29, 1.82) is 0 Å². The van der Waals surface area contributed by atoms with Crippen LogP contribution in [0.25, 0.3) is 11.1 Å². The summed E-state index contributed by atoms with van der Waals surface area (Å²) >= 11 is 0. The van der Waals surface area contributed by atoms with E-state index < -0.39 is 23.5 Å². The molecule has 0 aliphatic carbocycles. The molecule has 1 aliphatic heterocycles. The SMILES string of the molecule is Cc1cc(CN2CCN(Cc3ccncc3)C[C@H]2CC(=O)NC(C)C)ccc1-c1ccc(C(O)(C(F)(F)F)C(F)(F)F)cc1. The Balaban J connectivity index is 1.51. The Kier molecular flexibility index (Phi) is 10.1. The van der Waals surface area contributed by atoms with Crippen LogP contribution < -0.4 is 5.32 Å². The van der Waals surface area contributed by atoms with Gasteiger partial charge in [0.05, 0.1) is 0 Å².